The molecule has 0 saturated heterocycles. The number of para-hydroxylation sites is 1. The Kier molecular flexibility index (Phi) is 2.64. The average Bonchev–Trinajstić information content (AvgIpc) is 3.31. The lowest BCUT2D eigenvalue weighted by Gasteiger charge is -2.20. The molecule has 0 bridgehead atoms. The second kappa shape index (κ2) is 4.81. The van der Waals surface area contributed by atoms with E-state index in [0.717, 1.165) is 30.4 Å². The molecule has 1 atom stereocenters. The molecule has 0 spiro atoms. The highest BCUT2D eigenvalue weighted by atomic mass is 16.5. The minimum Gasteiger partial charge on any atom is -0.453 e. The minimum absolute atomic E-state index is 0.241. The fourth-order valence-electron chi connectivity index (χ4n) is 3.17. The maximum absolute atomic E-state index is 5.80. The fourth-order valence-corrected chi connectivity index (χ4v) is 3.17. The molecule has 4 heterocycles. The van der Waals surface area contributed by atoms with Crippen molar-refractivity contribution in [3.8, 4) is 11.6 Å². The number of fused-ring (bicyclic) bond motifs is 2. The van der Waals surface area contributed by atoms with Gasteiger partial charge in [0.1, 0.15) is 5.58 Å². The predicted octanol–water partition coefficient (Wildman–Crippen LogP) is 3.41. The SMILES string of the molecule is c1ccc2oc(-c3noc([C@H]4CCn5cncc5C4)n3)cc2c1. The summed E-state index contributed by atoms with van der Waals surface area (Å²) >= 11 is 0. The molecule has 5 rings (SSSR count). The highest BCUT2D eigenvalue weighted by Gasteiger charge is 2.26. The summed E-state index contributed by atoms with van der Waals surface area (Å²) in [6.07, 6.45) is 5.63. The van der Waals surface area contributed by atoms with Crippen LogP contribution in [-0.4, -0.2) is 19.7 Å². The van der Waals surface area contributed by atoms with Crippen molar-refractivity contribution in [1.82, 2.24) is 19.7 Å². The van der Waals surface area contributed by atoms with Gasteiger partial charge in [-0.15, -0.1) is 0 Å². The largest absolute Gasteiger partial charge is 0.453 e. The van der Waals surface area contributed by atoms with E-state index in [-0.39, 0.29) is 5.92 Å². The molecule has 6 heteroatoms. The van der Waals surface area contributed by atoms with E-state index in [2.05, 4.69) is 19.7 Å². The molecule has 0 amide bonds. The number of rotatable bonds is 2. The first-order chi connectivity index (χ1) is 11.4. The summed E-state index contributed by atoms with van der Waals surface area (Å²) in [7, 11) is 0. The number of imidazole rings is 1. The smallest absolute Gasteiger partial charge is 0.238 e. The molecule has 0 unspecified atom stereocenters. The van der Waals surface area contributed by atoms with Crippen molar-refractivity contribution in [2.45, 2.75) is 25.3 Å². The standard InChI is InChI=1S/C17H14N4O2/c1-2-4-14-11(3-1)8-15(22-14)16-19-17(23-20-16)12-5-6-21-10-18-9-13(21)7-12/h1-4,8-10,12H,5-7H2/t12-/m0/s1. The first-order valence-electron chi connectivity index (χ1n) is 7.68. The zero-order chi connectivity index (χ0) is 15.2. The highest BCUT2D eigenvalue weighted by molar-refractivity contribution is 5.81. The molecular formula is C17H14N4O2. The molecule has 6 nitrogen and oxygen atoms in total. The Hall–Kier alpha value is -2.89. The van der Waals surface area contributed by atoms with E-state index in [4.69, 9.17) is 8.94 Å². The third-order valence-electron chi connectivity index (χ3n) is 4.41. The van der Waals surface area contributed by atoms with E-state index in [1.165, 1.54) is 5.69 Å². The molecule has 3 aromatic heterocycles. The number of hydrogen-bond acceptors (Lipinski definition) is 5. The van der Waals surface area contributed by atoms with Crippen LogP contribution in [0.15, 0.2) is 51.8 Å². The molecule has 4 aromatic rings. The lowest BCUT2D eigenvalue weighted by Crippen LogP contribution is -2.17. The van der Waals surface area contributed by atoms with Gasteiger partial charge < -0.3 is 13.5 Å². The van der Waals surface area contributed by atoms with Gasteiger partial charge in [-0.2, -0.15) is 4.98 Å². The third kappa shape index (κ3) is 2.06. The summed E-state index contributed by atoms with van der Waals surface area (Å²) in [6.45, 7) is 0.933. The number of aryl methyl sites for hydroxylation is 1. The third-order valence-corrected chi connectivity index (χ3v) is 4.41. The van der Waals surface area contributed by atoms with Crippen molar-refractivity contribution >= 4 is 11.0 Å². The molecule has 0 N–H and O–H groups in total. The van der Waals surface area contributed by atoms with Crippen LogP contribution in [0.3, 0.4) is 0 Å². The van der Waals surface area contributed by atoms with Crippen LogP contribution in [0.1, 0.15) is 23.9 Å². The molecule has 0 radical (unpaired) electrons. The van der Waals surface area contributed by atoms with Gasteiger partial charge in [-0.1, -0.05) is 23.4 Å². The van der Waals surface area contributed by atoms with Crippen LogP contribution < -0.4 is 0 Å². The molecule has 1 aromatic carbocycles. The number of furan rings is 1. The van der Waals surface area contributed by atoms with E-state index in [1.54, 1.807) is 0 Å². The maximum Gasteiger partial charge on any atom is 0.238 e. The van der Waals surface area contributed by atoms with E-state index in [1.807, 2.05) is 42.9 Å². The number of aromatic nitrogens is 4. The summed E-state index contributed by atoms with van der Waals surface area (Å²) in [5.41, 5.74) is 2.04. The molecule has 0 saturated carbocycles. The number of benzene rings is 1. The van der Waals surface area contributed by atoms with Crippen LogP contribution in [-0.2, 0) is 13.0 Å². The van der Waals surface area contributed by atoms with Crippen molar-refractivity contribution in [1.29, 1.82) is 0 Å². The van der Waals surface area contributed by atoms with Gasteiger partial charge in [-0.25, -0.2) is 4.98 Å². The average molecular weight is 306 g/mol. The lowest BCUT2D eigenvalue weighted by molar-refractivity contribution is 0.325. The van der Waals surface area contributed by atoms with Gasteiger partial charge in [-0.05, 0) is 18.6 Å². The summed E-state index contributed by atoms with van der Waals surface area (Å²) in [6, 6.07) is 9.81. The quantitative estimate of drug-likeness (QED) is 0.567. The number of nitrogens with zero attached hydrogens (tertiary/aromatic N) is 4. The monoisotopic (exact) mass is 306 g/mol. The molecule has 23 heavy (non-hydrogen) atoms. The van der Waals surface area contributed by atoms with Gasteiger partial charge >= 0.3 is 0 Å². The van der Waals surface area contributed by atoms with Crippen LogP contribution in [0.4, 0.5) is 0 Å². The van der Waals surface area contributed by atoms with E-state index < -0.39 is 0 Å². The van der Waals surface area contributed by atoms with Crippen LogP contribution in [0.5, 0.6) is 0 Å². The molecule has 0 fully saturated rings. The Balaban J connectivity index is 1.46. The zero-order valence-corrected chi connectivity index (χ0v) is 12.3. The molecule has 114 valence electrons. The Labute approximate surface area is 131 Å². The van der Waals surface area contributed by atoms with E-state index in [0.29, 0.717) is 17.5 Å². The highest BCUT2D eigenvalue weighted by Crippen LogP contribution is 2.31. The van der Waals surface area contributed by atoms with Crippen molar-refractivity contribution in [3.05, 3.63) is 54.4 Å². The van der Waals surface area contributed by atoms with Gasteiger partial charge in [0.15, 0.2) is 5.76 Å². The topological polar surface area (TPSA) is 69.9 Å². The van der Waals surface area contributed by atoms with Crippen molar-refractivity contribution in [3.63, 3.8) is 0 Å². The first kappa shape index (κ1) is 12.6. The van der Waals surface area contributed by atoms with Gasteiger partial charge in [0.25, 0.3) is 0 Å². The zero-order valence-electron chi connectivity index (χ0n) is 12.3. The summed E-state index contributed by atoms with van der Waals surface area (Å²) in [5.74, 6) is 2.06. The molecule has 0 aliphatic carbocycles. The Morgan fingerprint density at radius 1 is 1.22 bits per heavy atom. The van der Waals surface area contributed by atoms with Crippen molar-refractivity contribution < 1.29 is 8.94 Å². The summed E-state index contributed by atoms with van der Waals surface area (Å²) in [5, 5.41) is 5.14. The van der Waals surface area contributed by atoms with E-state index >= 15 is 0 Å². The second-order valence-electron chi connectivity index (χ2n) is 5.87. The van der Waals surface area contributed by atoms with Crippen molar-refractivity contribution in [2.24, 2.45) is 0 Å². The van der Waals surface area contributed by atoms with Gasteiger partial charge in [-0.3, -0.25) is 0 Å². The van der Waals surface area contributed by atoms with Crippen molar-refractivity contribution in [2.75, 3.05) is 0 Å². The normalized spacial score (nSPS) is 17.5. The first-order valence-corrected chi connectivity index (χ1v) is 7.68. The number of hydrogen-bond donors (Lipinski definition) is 0. The predicted molar refractivity (Wildman–Crippen MR) is 82.8 cm³/mol. The minimum atomic E-state index is 0.241. The van der Waals surface area contributed by atoms with E-state index in [9.17, 15) is 0 Å². The Bertz CT molecular complexity index is 948. The Morgan fingerprint density at radius 2 is 2.17 bits per heavy atom. The van der Waals surface area contributed by atoms with Gasteiger partial charge in [0.05, 0.1) is 6.33 Å². The van der Waals surface area contributed by atoms with Gasteiger partial charge in [0.2, 0.25) is 11.7 Å². The summed E-state index contributed by atoms with van der Waals surface area (Å²) < 4.78 is 13.5. The Morgan fingerprint density at radius 3 is 3.13 bits per heavy atom. The molecule has 1 aliphatic rings. The lowest BCUT2D eigenvalue weighted by atomic mass is 9.96. The molecular weight excluding hydrogens is 292 g/mol. The van der Waals surface area contributed by atoms with Crippen LogP contribution >= 0.6 is 0 Å². The van der Waals surface area contributed by atoms with Crippen LogP contribution in [0.25, 0.3) is 22.6 Å². The van der Waals surface area contributed by atoms with Gasteiger partial charge in [0, 0.05) is 36.2 Å². The summed E-state index contributed by atoms with van der Waals surface area (Å²) in [4.78, 5) is 8.75. The second-order valence-corrected chi connectivity index (χ2v) is 5.87. The van der Waals surface area contributed by atoms with Crippen LogP contribution in [0.2, 0.25) is 0 Å². The maximum atomic E-state index is 5.80. The molecule has 1 aliphatic heterocycles. The fraction of sp³-hybridized carbons (Fsp3) is 0.235. The van der Waals surface area contributed by atoms with Crippen LogP contribution in [0, 0.1) is 0 Å².